The highest BCUT2D eigenvalue weighted by Gasteiger charge is 2.39. The van der Waals surface area contributed by atoms with Crippen molar-refractivity contribution in [3.8, 4) is 5.75 Å². The first-order valence-electron chi connectivity index (χ1n) is 10.1. The highest BCUT2D eigenvalue weighted by Crippen LogP contribution is 2.32. The second-order valence-corrected chi connectivity index (χ2v) is 7.54. The Kier molecular flexibility index (Phi) is 9.45. The minimum absolute atomic E-state index is 0.446. The van der Waals surface area contributed by atoms with Gasteiger partial charge in [0.05, 0.1) is 6.20 Å². The minimum Gasteiger partial charge on any atom is -0.486 e. The summed E-state index contributed by atoms with van der Waals surface area (Å²) in [5.74, 6) is -2.80. The first-order valence-corrected chi connectivity index (χ1v) is 10.1. The summed E-state index contributed by atoms with van der Waals surface area (Å²) in [5.41, 5.74) is 2.15. The number of rotatable bonds is 5. The fourth-order valence-electron chi connectivity index (χ4n) is 2.84. The van der Waals surface area contributed by atoms with E-state index in [0.717, 1.165) is 42.6 Å². The van der Waals surface area contributed by atoms with Gasteiger partial charge in [-0.1, -0.05) is 5.16 Å². The molecule has 0 aromatic carbocycles. The fraction of sp³-hybridized carbons (Fsp3) is 0.500. The van der Waals surface area contributed by atoms with Gasteiger partial charge in [-0.3, -0.25) is 9.88 Å². The van der Waals surface area contributed by atoms with E-state index in [1.165, 1.54) is 24.9 Å². The van der Waals surface area contributed by atoms with Crippen LogP contribution in [0.15, 0.2) is 29.0 Å². The number of carboxylic acid groups (broad SMARTS) is 2. The summed E-state index contributed by atoms with van der Waals surface area (Å²) in [6.07, 6.45) is -2.97. The van der Waals surface area contributed by atoms with Crippen LogP contribution in [0, 0.1) is 5.92 Å². The molecule has 0 spiro atoms. The lowest BCUT2D eigenvalue weighted by molar-refractivity contribution is -0.193. The van der Waals surface area contributed by atoms with E-state index in [1.54, 1.807) is 12.4 Å². The number of hydrogen-bond donors (Lipinski definition) is 2. The van der Waals surface area contributed by atoms with Crippen molar-refractivity contribution < 1.29 is 55.4 Å². The molecule has 9 nitrogen and oxygen atoms in total. The maximum absolute atomic E-state index is 10.6. The van der Waals surface area contributed by atoms with Gasteiger partial charge in [0, 0.05) is 37.8 Å². The van der Waals surface area contributed by atoms with Crippen LogP contribution in [0.4, 0.5) is 26.3 Å². The first-order chi connectivity index (χ1) is 16.3. The Morgan fingerprint density at radius 3 is 2.20 bits per heavy atom. The fourth-order valence-corrected chi connectivity index (χ4v) is 2.84. The number of aliphatic carboxylic acids is 2. The van der Waals surface area contributed by atoms with Crippen molar-refractivity contribution in [1.29, 1.82) is 0 Å². The molecular weight excluding hydrogens is 492 g/mol. The van der Waals surface area contributed by atoms with Crippen molar-refractivity contribution in [3.05, 3.63) is 41.5 Å². The van der Waals surface area contributed by atoms with E-state index in [0.29, 0.717) is 6.61 Å². The molecule has 2 N–H and O–H groups in total. The number of nitrogens with zero attached hydrogens (tertiary/aromatic N) is 3. The largest absolute Gasteiger partial charge is 0.490 e. The molecule has 0 amide bonds. The number of pyridine rings is 1. The quantitative estimate of drug-likeness (QED) is 0.576. The minimum atomic E-state index is -5.08. The third-order valence-corrected chi connectivity index (χ3v) is 4.70. The van der Waals surface area contributed by atoms with Crippen LogP contribution in [0.3, 0.4) is 0 Å². The molecule has 4 rings (SSSR count). The lowest BCUT2D eigenvalue weighted by atomic mass is 10.1. The molecule has 0 atom stereocenters. The molecule has 1 fully saturated rings. The number of alkyl halides is 6. The molecule has 15 heteroatoms. The molecule has 2 aliphatic rings. The molecule has 1 aliphatic heterocycles. The Balaban J connectivity index is 0.000000257. The summed E-state index contributed by atoms with van der Waals surface area (Å²) in [7, 11) is 0. The molecule has 0 radical (unpaired) electrons. The van der Waals surface area contributed by atoms with Crippen LogP contribution in [-0.4, -0.2) is 62.6 Å². The summed E-state index contributed by atoms with van der Waals surface area (Å²) in [6.45, 7) is 3.69. The molecule has 0 bridgehead atoms. The van der Waals surface area contributed by atoms with E-state index in [4.69, 9.17) is 29.1 Å². The lowest BCUT2D eigenvalue weighted by Gasteiger charge is -2.25. The van der Waals surface area contributed by atoms with E-state index < -0.39 is 24.3 Å². The number of halogens is 6. The van der Waals surface area contributed by atoms with E-state index in [9.17, 15) is 26.3 Å². The Labute approximate surface area is 194 Å². The maximum Gasteiger partial charge on any atom is 0.490 e. The molecule has 0 unspecified atom stereocenters. The number of fused-ring (bicyclic) bond motifs is 1. The molecule has 1 aliphatic carbocycles. The smallest absolute Gasteiger partial charge is 0.486 e. The molecule has 2 aromatic rings. The summed E-state index contributed by atoms with van der Waals surface area (Å²) >= 11 is 0. The van der Waals surface area contributed by atoms with Crippen molar-refractivity contribution in [2.75, 3.05) is 13.1 Å². The van der Waals surface area contributed by atoms with E-state index >= 15 is 0 Å². The second kappa shape index (κ2) is 11.9. The van der Waals surface area contributed by atoms with Crippen LogP contribution in [0.1, 0.15) is 29.9 Å². The molecular formula is C20H21F6N3O6. The van der Waals surface area contributed by atoms with Crippen LogP contribution in [0.25, 0.3) is 0 Å². The standard InChI is InChI=1S/C16H19N3O2.2C2HF3O2/c1-2-13(8-17-6-1)20-11-15-14-10-19(9-12-3-4-12)7-5-16(14)21-18-15;2*3-2(4,5)1(6)7/h1-2,6,8,12H,3-5,7,9-11H2;2*(H,6,7). The van der Waals surface area contributed by atoms with Crippen LogP contribution in [0.2, 0.25) is 0 Å². The van der Waals surface area contributed by atoms with Gasteiger partial charge < -0.3 is 19.5 Å². The summed E-state index contributed by atoms with van der Waals surface area (Å²) in [5, 5.41) is 18.4. The Bertz CT molecular complexity index is 952. The average Bonchev–Trinajstić information content (AvgIpc) is 3.50. The summed E-state index contributed by atoms with van der Waals surface area (Å²) < 4.78 is 74.7. The van der Waals surface area contributed by atoms with E-state index in [2.05, 4.69) is 15.0 Å². The number of ether oxygens (including phenoxy) is 1. The average molecular weight is 513 g/mol. The van der Waals surface area contributed by atoms with Crippen molar-refractivity contribution in [2.24, 2.45) is 5.92 Å². The van der Waals surface area contributed by atoms with Gasteiger partial charge in [-0.05, 0) is 30.9 Å². The van der Waals surface area contributed by atoms with Crippen molar-refractivity contribution in [3.63, 3.8) is 0 Å². The second-order valence-electron chi connectivity index (χ2n) is 7.54. The zero-order chi connectivity index (χ0) is 26.2. The van der Waals surface area contributed by atoms with Crippen LogP contribution < -0.4 is 4.74 Å². The van der Waals surface area contributed by atoms with E-state index in [1.807, 2.05) is 12.1 Å². The van der Waals surface area contributed by atoms with Gasteiger partial charge in [0.2, 0.25) is 0 Å². The van der Waals surface area contributed by atoms with Gasteiger partial charge in [-0.2, -0.15) is 26.3 Å². The number of aromatic nitrogens is 2. The van der Waals surface area contributed by atoms with Crippen LogP contribution in [0.5, 0.6) is 5.75 Å². The Morgan fingerprint density at radius 2 is 1.71 bits per heavy atom. The van der Waals surface area contributed by atoms with Crippen molar-refractivity contribution in [2.45, 2.75) is 44.8 Å². The molecule has 1 saturated carbocycles. The van der Waals surface area contributed by atoms with Crippen LogP contribution in [-0.2, 0) is 29.2 Å². The molecule has 0 saturated heterocycles. The number of carboxylic acids is 2. The van der Waals surface area contributed by atoms with Crippen molar-refractivity contribution in [1.82, 2.24) is 15.0 Å². The van der Waals surface area contributed by atoms with Gasteiger partial charge in [-0.15, -0.1) is 0 Å². The van der Waals surface area contributed by atoms with Gasteiger partial charge in [-0.25, -0.2) is 9.59 Å². The Morgan fingerprint density at radius 1 is 1.11 bits per heavy atom. The first kappa shape index (κ1) is 27.9. The zero-order valence-electron chi connectivity index (χ0n) is 18.0. The SMILES string of the molecule is O=C(O)C(F)(F)F.O=C(O)C(F)(F)F.c1cncc(OCc2noc3c2CN(CC2CC2)CC3)c1. The molecule has 35 heavy (non-hydrogen) atoms. The highest BCUT2D eigenvalue weighted by molar-refractivity contribution is 5.73. The molecule has 194 valence electrons. The monoisotopic (exact) mass is 513 g/mol. The predicted molar refractivity (Wildman–Crippen MR) is 104 cm³/mol. The van der Waals surface area contributed by atoms with Gasteiger partial charge in [0.1, 0.15) is 23.8 Å². The maximum atomic E-state index is 10.6. The zero-order valence-corrected chi connectivity index (χ0v) is 18.0. The van der Waals surface area contributed by atoms with Gasteiger partial charge in [0.15, 0.2) is 0 Å². The van der Waals surface area contributed by atoms with Gasteiger partial charge >= 0.3 is 24.3 Å². The molecule has 2 aromatic heterocycles. The van der Waals surface area contributed by atoms with Crippen molar-refractivity contribution >= 4 is 11.9 Å². The normalized spacial score (nSPS) is 15.6. The highest BCUT2D eigenvalue weighted by atomic mass is 19.4. The van der Waals surface area contributed by atoms with Gasteiger partial charge in [0.25, 0.3) is 0 Å². The third-order valence-electron chi connectivity index (χ3n) is 4.70. The number of carbonyl (C=O) groups is 2. The molecule has 3 heterocycles. The predicted octanol–water partition coefficient (Wildman–Crippen LogP) is 3.68. The number of hydrogen-bond acceptors (Lipinski definition) is 7. The topological polar surface area (TPSA) is 126 Å². The summed E-state index contributed by atoms with van der Waals surface area (Å²) in [4.78, 5) is 24.4. The third kappa shape index (κ3) is 9.80. The summed E-state index contributed by atoms with van der Waals surface area (Å²) in [6, 6.07) is 3.77. The lowest BCUT2D eigenvalue weighted by Crippen LogP contribution is -2.32. The van der Waals surface area contributed by atoms with Crippen LogP contribution >= 0.6 is 0 Å². The Hall–Kier alpha value is -3.36. The van der Waals surface area contributed by atoms with E-state index in [-0.39, 0.29) is 0 Å².